The molecule has 2 amide bonds. The summed E-state index contributed by atoms with van der Waals surface area (Å²) >= 11 is 0. The minimum atomic E-state index is -0.504. The molecule has 2 bridgehead atoms. The second-order valence-corrected chi connectivity index (χ2v) is 12.4. The zero-order chi connectivity index (χ0) is 29.0. The van der Waals surface area contributed by atoms with Gasteiger partial charge < -0.3 is 19.7 Å². The molecule has 3 aromatic rings. The van der Waals surface area contributed by atoms with Gasteiger partial charge in [0.1, 0.15) is 5.82 Å². The van der Waals surface area contributed by atoms with Gasteiger partial charge in [-0.3, -0.25) is 19.4 Å². The van der Waals surface area contributed by atoms with E-state index >= 15 is 0 Å². The van der Waals surface area contributed by atoms with Crippen LogP contribution in [-0.2, 0) is 4.79 Å². The third kappa shape index (κ3) is 4.84. The Bertz CT molecular complexity index is 1490. The maximum Gasteiger partial charge on any atom is 0.256 e. The average molecular weight is 560 g/mol. The Morgan fingerprint density at radius 1 is 1.00 bits per heavy atom. The third-order valence-corrected chi connectivity index (χ3v) is 9.16. The fraction of sp³-hybridized carbons (Fsp3) is 0.500. The number of likely N-dealkylation sites (tertiary alicyclic amines) is 1. The van der Waals surface area contributed by atoms with E-state index in [9.17, 15) is 18.8 Å². The van der Waals surface area contributed by atoms with Crippen molar-refractivity contribution in [2.75, 3.05) is 13.1 Å². The van der Waals surface area contributed by atoms with Gasteiger partial charge in [0.25, 0.3) is 5.91 Å². The standard InChI is InChI=1S/C32H38FN5O3/c1-18(2)38(19(3)4)31(40)25-13-22(33)7-10-27(25)37-17-26(24-11-12-34-14-28(24)37)30(39)21-15-36(16-21)32(41)29-20-5-8-23(35-29)9-6-20/h7,10-14,17-21,23,29,35H,5-6,8-9,15-16H2,1-4H3/t20?,23?,29-/m0/s1. The van der Waals surface area contributed by atoms with E-state index in [0.717, 1.165) is 25.7 Å². The number of aromatic nitrogens is 2. The van der Waals surface area contributed by atoms with Crippen molar-refractivity contribution in [2.24, 2.45) is 11.8 Å². The molecule has 0 radical (unpaired) electrons. The second-order valence-electron chi connectivity index (χ2n) is 12.4. The van der Waals surface area contributed by atoms with Crippen LogP contribution >= 0.6 is 0 Å². The molecule has 9 heteroatoms. The van der Waals surface area contributed by atoms with Crippen LogP contribution in [0, 0.1) is 17.7 Å². The highest BCUT2D eigenvalue weighted by atomic mass is 19.1. The maximum atomic E-state index is 14.5. The number of piperidine rings is 2. The zero-order valence-corrected chi connectivity index (χ0v) is 24.1. The average Bonchev–Trinajstić information content (AvgIpc) is 3.32. The first-order valence-corrected chi connectivity index (χ1v) is 14.8. The first kappa shape index (κ1) is 27.6. The van der Waals surface area contributed by atoms with Crippen molar-refractivity contribution in [3.8, 4) is 5.69 Å². The smallest absolute Gasteiger partial charge is 0.256 e. The molecule has 41 heavy (non-hydrogen) atoms. The van der Waals surface area contributed by atoms with Crippen molar-refractivity contribution < 1.29 is 18.8 Å². The Balaban J connectivity index is 1.29. The van der Waals surface area contributed by atoms with Gasteiger partial charge in [0.05, 0.1) is 34.9 Å². The Morgan fingerprint density at radius 3 is 2.34 bits per heavy atom. The normalized spacial score (nSPS) is 22.4. The van der Waals surface area contributed by atoms with Gasteiger partial charge in [-0.2, -0.15) is 0 Å². The monoisotopic (exact) mass is 559 g/mol. The summed E-state index contributed by atoms with van der Waals surface area (Å²) in [6.07, 6.45) is 9.51. The number of ketones is 1. The number of nitrogens with one attached hydrogen (secondary N) is 1. The summed E-state index contributed by atoms with van der Waals surface area (Å²) in [4.78, 5) is 48.5. The number of rotatable bonds is 7. The Labute approximate surface area is 239 Å². The summed E-state index contributed by atoms with van der Waals surface area (Å²) < 4.78 is 16.3. The Hall–Kier alpha value is -3.59. The number of hydrogen-bond acceptors (Lipinski definition) is 5. The largest absolute Gasteiger partial charge is 0.340 e. The number of fused-ring (bicyclic) bond motifs is 4. The molecule has 3 saturated heterocycles. The van der Waals surface area contributed by atoms with Crippen LogP contribution in [0.15, 0.2) is 42.9 Å². The lowest BCUT2D eigenvalue weighted by Crippen LogP contribution is -2.63. The summed E-state index contributed by atoms with van der Waals surface area (Å²) in [7, 11) is 0. The first-order chi connectivity index (χ1) is 19.6. The highest BCUT2D eigenvalue weighted by Gasteiger charge is 2.45. The predicted molar refractivity (Wildman–Crippen MR) is 155 cm³/mol. The first-order valence-electron chi connectivity index (χ1n) is 14.8. The molecule has 4 aliphatic rings. The lowest BCUT2D eigenvalue weighted by Gasteiger charge is -2.47. The Kier molecular flexibility index (Phi) is 7.18. The van der Waals surface area contributed by atoms with E-state index in [4.69, 9.17) is 0 Å². The molecule has 1 atom stereocenters. The van der Waals surface area contributed by atoms with Crippen molar-refractivity contribution in [1.82, 2.24) is 24.7 Å². The molecule has 1 N–H and O–H groups in total. The number of hydrogen-bond donors (Lipinski definition) is 1. The van der Waals surface area contributed by atoms with Gasteiger partial charge in [-0.15, -0.1) is 0 Å². The van der Waals surface area contributed by atoms with Crippen molar-refractivity contribution in [3.05, 3.63) is 59.8 Å². The van der Waals surface area contributed by atoms with E-state index in [1.807, 2.05) is 32.6 Å². The molecular formula is C32H38FN5O3. The van der Waals surface area contributed by atoms with Gasteiger partial charge in [-0.05, 0) is 83.6 Å². The van der Waals surface area contributed by atoms with Crippen molar-refractivity contribution >= 4 is 28.5 Å². The number of benzene rings is 1. The molecule has 0 unspecified atom stereocenters. The quantitative estimate of drug-likeness (QED) is 0.428. The molecule has 0 spiro atoms. The molecule has 7 rings (SSSR count). The van der Waals surface area contributed by atoms with E-state index in [2.05, 4.69) is 10.3 Å². The van der Waals surface area contributed by atoms with Gasteiger partial charge >= 0.3 is 0 Å². The van der Waals surface area contributed by atoms with Crippen LogP contribution in [0.4, 0.5) is 4.39 Å². The third-order valence-electron chi connectivity index (χ3n) is 9.16. The maximum absolute atomic E-state index is 14.5. The summed E-state index contributed by atoms with van der Waals surface area (Å²) in [6.45, 7) is 8.55. The molecule has 1 aliphatic carbocycles. The molecule has 2 aromatic heterocycles. The van der Waals surface area contributed by atoms with Crippen LogP contribution in [0.1, 0.15) is 74.1 Å². The molecule has 8 nitrogen and oxygen atoms in total. The molecule has 3 aliphatic heterocycles. The fourth-order valence-electron chi connectivity index (χ4n) is 7.09. The van der Waals surface area contributed by atoms with Crippen molar-refractivity contribution in [1.29, 1.82) is 0 Å². The molecule has 1 saturated carbocycles. The minimum absolute atomic E-state index is 0.0388. The number of amides is 2. The van der Waals surface area contributed by atoms with E-state index < -0.39 is 5.82 Å². The van der Waals surface area contributed by atoms with Gasteiger partial charge in [0, 0.05) is 54.6 Å². The van der Waals surface area contributed by atoms with Gasteiger partial charge in [0.2, 0.25) is 5.91 Å². The number of carbonyl (C=O) groups is 3. The number of Topliss-reactive ketones (excluding diaryl/α,β-unsaturated/α-hetero) is 1. The summed E-state index contributed by atoms with van der Waals surface area (Å²) in [6, 6.07) is 6.11. The molecular weight excluding hydrogens is 521 g/mol. The topological polar surface area (TPSA) is 87.5 Å². The van der Waals surface area contributed by atoms with E-state index in [-0.39, 0.29) is 47.2 Å². The fourth-order valence-corrected chi connectivity index (χ4v) is 7.09. The lowest BCUT2D eigenvalue weighted by atomic mass is 9.75. The number of halogens is 1. The van der Waals surface area contributed by atoms with Crippen LogP contribution in [0.2, 0.25) is 0 Å². The summed E-state index contributed by atoms with van der Waals surface area (Å²) in [5.74, 6) is -0.606. The van der Waals surface area contributed by atoms with E-state index in [1.54, 1.807) is 40.2 Å². The lowest BCUT2D eigenvalue weighted by molar-refractivity contribution is -0.142. The van der Waals surface area contributed by atoms with E-state index in [1.165, 1.54) is 12.1 Å². The van der Waals surface area contributed by atoms with Gasteiger partial charge in [-0.25, -0.2) is 4.39 Å². The van der Waals surface area contributed by atoms with Crippen molar-refractivity contribution in [2.45, 2.75) is 77.5 Å². The minimum Gasteiger partial charge on any atom is -0.340 e. The van der Waals surface area contributed by atoms with Gasteiger partial charge in [0.15, 0.2) is 5.78 Å². The van der Waals surface area contributed by atoms with Crippen LogP contribution in [0.5, 0.6) is 0 Å². The Morgan fingerprint density at radius 2 is 1.71 bits per heavy atom. The van der Waals surface area contributed by atoms with Crippen LogP contribution in [-0.4, -0.2) is 74.2 Å². The summed E-state index contributed by atoms with van der Waals surface area (Å²) in [5.41, 5.74) is 1.89. The second kappa shape index (κ2) is 10.7. The molecule has 4 fully saturated rings. The highest BCUT2D eigenvalue weighted by Crippen LogP contribution is 2.36. The number of pyridine rings is 1. The van der Waals surface area contributed by atoms with Crippen LogP contribution < -0.4 is 5.32 Å². The SMILES string of the molecule is CC(C)N(C(=O)c1cc(F)ccc1-n1cc(C(=O)C2CN(C(=O)[C@H]3NC4CCC3CC4)C2)c2ccncc21)C(C)C. The predicted octanol–water partition coefficient (Wildman–Crippen LogP) is 4.60. The molecule has 5 heterocycles. The number of carbonyl (C=O) groups excluding carboxylic acids is 3. The van der Waals surface area contributed by atoms with Gasteiger partial charge in [-0.1, -0.05) is 0 Å². The van der Waals surface area contributed by atoms with Crippen LogP contribution in [0.3, 0.4) is 0 Å². The molecule has 1 aromatic carbocycles. The van der Waals surface area contributed by atoms with E-state index in [0.29, 0.717) is 47.2 Å². The van der Waals surface area contributed by atoms with Crippen LogP contribution in [0.25, 0.3) is 16.6 Å². The summed E-state index contributed by atoms with van der Waals surface area (Å²) in [5, 5.41) is 4.24. The van der Waals surface area contributed by atoms with Crippen molar-refractivity contribution in [3.63, 3.8) is 0 Å². The highest BCUT2D eigenvalue weighted by molar-refractivity contribution is 6.10. The molecule has 216 valence electrons. The number of nitrogens with zero attached hydrogens (tertiary/aromatic N) is 4. The zero-order valence-electron chi connectivity index (χ0n) is 24.1.